The van der Waals surface area contributed by atoms with Crippen molar-refractivity contribution in [3.8, 4) is 0 Å². The average Bonchev–Trinajstić information content (AvgIpc) is 2.36. The maximum atomic E-state index is 11.0. The normalized spacial score (nSPS) is 13.4. The van der Waals surface area contributed by atoms with Gasteiger partial charge in [0.15, 0.2) is 1.41 Å². The molecule has 0 radical (unpaired) electrons. The van der Waals surface area contributed by atoms with E-state index in [0.29, 0.717) is 17.6 Å². The number of nitro benzene ring substituents is 2. The van der Waals surface area contributed by atoms with Gasteiger partial charge in [-0.2, -0.15) is 5.10 Å². The largest absolute Gasteiger partial charge is 0.301 e. The molecule has 96 valence electrons. The molecule has 0 spiro atoms. The Morgan fingerprint density at radius 1 is 1.56 bits per heavy atom. The van der Waals surface area contributed by atoms with Gasteiger partial charge in [-0.05, 0) is 19.4 Å². The van der Waals surface area contributed by atoms with Gasteiger partial charge in [-0.1, -0.05) is 6.92 Å². The monoisotopic (exact) mass is 255 g/mol. The van der Waals surface area contributed by atoms with E-state index in [1.807, 2.05) is 0 Å². The summed E-state index contributed by atoms with van der Waals surface area (Å²) >= 11 is 0. The molecule has 1 aromatic rings. The summed E-state index contributed by atoms with van der Waals surface area (Å²) in [6.07, 6.45) is 0.498. The summed E-state index contributed by atoms with van der Waals surface area (Å²) < 4.78 is 22.7. The topological polar surface area (TPSA) is 111 Å². The zero-order chi connectivity index (χ0) is 16.3. The summed E-state index contributed by atoms with van der Waals surface area (Å²) in [5.74, 6) is 0. The van der Waals surface area contributed by atoms with Gasteiger partial charge in [-0.25, -0.2) is 0 Å². The summed E-state index contributed by atoms with van der Waals surface area (Å²) in [4.78, 5) is 19.8. The van der Waals surface area contributed by atoms with E-state index in [4.69, 9.17) is 4.15 Å². The minimum Gasteiger partial charge on any atom is -0.272 e. The number of nitro groups is 2. The number of nitrogens with zero attached hydrogens (tertiary/aromatic N) is 3. The van der Waals surface area contributed by atoms with Crippen molar-refractivity contribution in [1.29, 1.82) is 0 Å². The third-order valence-electron chi connectivity index (χ3n) is 2.03. The number of hydrogen-bond donors (Lipinski definition) is 1. The highest BCUT2D eigenvalue weighted by molar-refractivity contribution is 5.82. The van der Waals surface area contributed by atoms with Gasteiger partial charge in [0.2, 0.25) is 0 Å². The van der Waals surface area contributed by atoms with Crippen molar-refractivity contribution in [2.75, 3.05) is 5.42 Å². The fourth-order valence-electron chi connectivity index (χ4n) is 0.941. The molecule has 0 aromatic heterocycles. The molecular formula is C10H12N4O4. The Hall–Kier alpha value is -2.51. The molecule has 0 saturated heterocycles. The Labute approximate surface area is 107 Å². The zero-order valence-electron chi connectivity index (χ0n) is 12.7. The van der Waals surface area contributed by atoms with Gasteiger partial charge in [0.25, 0.3) is 5.69 Å². The number of rotatable bonds is 5. The minimum absolute atomic E-state index is 0.400. The smallest absolute Gasteiger partial charge is 0.272 e. The lowest BCUT2D eigenvalue weighted by Crippen LogP contribution is -2.00. The zero-order valence-corrected chi connectivity index (χ0v) is 9.71. The lowest BCUT2D eigenvalue weighted by molar-refractivity contribution is -0.393. The van der Waals surface area contributed by atoms with Gasteiger partial charge >= 0.3 is 5.69 Å². The van der Waals surface area contributed by atoms with Gasteiger partial charge in [0.1, 0.15) is 5.69 Å². The van der Waals surface area contributed by atoms with Crippen LogP contribution in [0.2, 0.25) is 1.41 Å². The van der Waals surface area contributed by atoms with E-state index in [0.717, 1.165) is 6.07 Å². The highest BCUT2D eigenvalue weighted by Gasteiger charge is 2.19. The molecule has 0 fully saturated rings. The minimum atomic E-state index is -1.03. The van der Waals surface area contributed by atoms with Crippen molar-refractivity contribution in [2.45, 2.75) is 20.3 Å². The fraction of sp³-hybridized carbons (Fsp3) is 0.300. The molecule has 0 aliphatic rings. The Bertz CT molecular complexity index is 635. The highest BCUT2D eigenvalue weighted by Crippen LogP contribution is 2.28. The third kappa shape index (κ3) is 3.24. The van der Waals surface area contributed by atoms with Gasteiger partial charge in [-0.3, -0.25) is 25.6 Å². The number of nitrogens with one attached hydrogen (secondary N) is 1. The van der Waals surface area contributed by atoms with Gasteiger partial charge in [0.05, 0.1) is 18.6 Å². The summed E-state index contributed by atoms with van der Waals surface area (Å²) in [7, 11) is 0. The van der Waals surface area contributed by atoms with Gasteiger partial charge in [0, 0.05) is 11.8 Å². The van der Waals surface area contributed by atoms with E-state index >= 15 is 0 Å². The van der Waals surface area contributed by atoms with Crippen LogP contribution in [-0.2, 0) is 0 Å². The number of benzene rings is 1. The molecule has 1 N–H and O–H groups in total. The summed E-state index contributed by atoms with van der Waals surface area (Å²) in [5.41, 5.74) is -1.48. The predicted molar refractivity (Wildman–Crippen MR) is 66.8 cm³/mol. The number of anilines is 1. The first-order valence-electron chi connectivity index (χ1n) is 6.41. The Morgan fingerprint density at radius 3 is 2.72 bits per heavy atom. The molecule has 0 heterocycles. The maximum Gasteiger partial charge on any atom is 0.301 e. The average molecular weight is 255 g/mol. The first kappa shape index (κ1) is 9.51. The van der Waals surface area contributed by atoms with E-state index in [-0.39, 0.29) is 0 Å². The van der Waals surface area contributed by atoms with Crippen LogP contribution in [0.1, 0.15) is 23.0 Å². The van der Waals surface area contributed by atoms with Crippen molar-refractivity contribution in [1.82, 2.24) is 0 Å². The number of hydrogen-bond acceptors (Lipinski definition) is 6. The fourth-order valence-corrected chi connectivity index (χ4v) is 0.941. The Kier molecular flexibility index (Phi) is 3.02. The first-order valence-corrected chi connectivity index (χ1v) is 4.96. The Balaban J connectivity index is 3.60. The number of hydrazone groups is 1. The van der Waals surface area contributed by atoms with E-state index < -0.39 is 39.0 Å². The first-order chi connectivity index (χ1) is 9.70. The standard InChI is InChI=1S/C10H12N4O4/c1-3-7(2)11-12-9-5-4-8(13(15)16)6-10(9)14(17)18/h4-6,12H,3H2,1-2H3/b11-7+/i4D,6D/hD. The molecular weight excluding hydrogens is 240 g/mol. The molecule has 8 nitrogen and oxygen atoms in total. The van der Waals surface area contributed by atoms with Crippen LogP contribution < -0.4 is 5.42 Å². The maximum absolute atomic E-state index is 11.0. The molecule has 0 atom stereocenters. The van der Waals surface area contributed by atoms with Crippen LogP contribution in [0.3, 0.4) is 0 Å². The molecule has 0 amide bonds. The van der Waals surface area contributed by atoms with E-state index in [9.17, 15) is 20.2 Å². The second kappa shape index (κ2) is 5.71. The van der Waals surface area contributed by atoms with Crippen molar-refractivity contribution >= 4 is 22.8 Å². The molecule has 1 aromatic carbocycles. The van der Waals surface area contributed by atoms with Crippen LogP contribution in [0.25, 0.3) is 0 Å². The van der Waals surface area contributed by atoms with E-state index in [2.05, 4.69) is 5.10 Å². The molecule has 0 unspecified atom stereocenters. The highest BCUT2D eigenvalue weighted by atomic mass is 16.6. The molecule has 8 heteroatoms. The second-order valence-electron chi connectivity index (χ2n) is 3.30. The van der Waals surface area contributed by atoms with Crippen LogP contribution >= 0.6 is 0 Å². The molecule has 0 bridgehead atoms. The van der Waals surface area contributed by atoms with Crippen LogP contribution in [0.5, 0.6) is 0 Å². The Morgan fingerprint density at radius 2 is 2.22 bits per heavy atom. The molecule has 0 aliphatic heterocycles. The van der Waals surface area contributed by atoms with Crippen molar-refractivity contribution in [3.63, 3.8) is 0 Å². The van der Waals surface area contributed by atoms with E-state index in [1.165, 1.54) is 0 Å². The van der Waals surface area contributed by atoms with Crippen LogP contribution in [0.4, 0.5) is 17.1 Å². The summed E-state index contributed by atoms with van der Waals surface area (Å²) in [5, 5.41) is 25.6. The van der Waals surface area contributed by atoms with Crippen LogP contribution in [-0.4, -0.2) is 15.6 Å². The molecule has 18 heavy (non-hydrogen) atoms. The predicted octanol–water partition coefficient (Wildman–Crippen LogP) is 2.70. The SMILES string of the molecule is [2H]c1cc(N([2H])/N=C(\C)CC)c([N+](=O)[O-])c([2H])c1[N+](=O)[O-]. The third-order valence-corrected chi connectivity index (χ3v) is 2.03. The lowest BCUT2D eigenvalue weighted by atomic mass is 10.2. The van der Waals surface area contributed by atoms with Gasteiger partial charge < -0.3 is 0 Å². The second-order valence-corrected chi connectivity index (χ2v) is 3.30. The quantitative estimate of drug-likeness (QED) is 0.494. The summed E-state index contributed by atoms with van der Waals surface area (Å²) in [6, 6.07) is -0.922. The molecule has 0 saturated carbocycles. The van der Waals surface area contributed by atoms with Crippen LogP contribution in [0.15, 0.2) is 23.3 Å². The molecule has 1 rings (SSSR count). The van der Waals surface area contributed by atoms with Crippen molar-refractivity contribution < 1.29 is 14.0 Å². The summed E-state index contributed by atoms with van der Waals surface area (Å²) in [6.45, 7) is 3.37. The van der Waals surface area contributed by atoms with Gasteiger partial charge in [-0.15, -0.1) is 0 Å². The molecule has 0 aliphatic carbocycles. The van der Waals surface area contributed by atoms with Crippen molar-refractivity contribution in [3.05, 3.63) is 38.4 Å². The van der Waals surface area contributed by atoms with Crippen LogP contribution in [0, 0.1) is 20.2 Å². The van der Waals surface area contributed by atoms with Crippen molar-refractivity contribution in [2.24, 2.45) is 5.10 Å². The lowest BCUT2D eigenvalue weighted by Gasteiger charge is -2.03. The van der Waals surface area contributed by atoms with E-state index in [1.54, 1.807) is 13.8 Å².